The van der Waals surface area contributed by atoms with Gasteiger partial charge in [0.15, 0.2) is 0 Å². The van der Waals surface area contributed by atoms with E-state index in [9.17, 15) is 0 Å². The van der Waals surface area contributed by atoms with Gasteiger partial charge in [-0.25, -0.2) is 0 Å². The molecule has 3 aliphatic carbocycles. The maximum absolute atomic E-state index is 6.49. The van der Waals surface area contributed by atoms with Crippen molar-refractivity contribution in [3.05, 3.63) is 143 Å². The molecule has 1 aromatic heterocycles. The molecular formula is C36H29NO. The Morgan fingerprint density at radius 1 is 0.868 bits per heavy atom. The Hall–Kier alpha value is -4.30. The predicted octanol–water partition coefficient (Wildman–Crippen LogP) is 8.73. The van der Waals surface area contributed by atoms with Gasteiger partial charge in [0.05, 0.1) is 5.52 Å². The van der Waals surface area contributed by atoms with Crippen LogP contribution in [0.5, 0.6) is 5.75 Å². The monoisotopic (exact) mass is 491 g/mol. The summed E-state index contributed by atoms with van der Waals surface area (Å²) in [5, 5.41) is 1.38. The van der Waals surface area contributed by atoms with Gasteiger partial charge in [0, 0.05) is 28.2 Å². The fourth-order valence-electron chi connectivity index (χ4n) is 6.78. The first-order chi connectivity index (χ1) is 18.8. The Balaban J connectivity index is 1.17. The number of benzene rings is 3. The Bertz CT molecular complexity index is 1760. The Morgan fingerprint density at radius 3 is 2.79 bits per heavy atom. The number of allylic oxidation sites excluding steroid dienone is 6. The quantitative estimate of drug-likeness (QED) is 0.279. The summed E-state index contributed by atoms with van der Waals surface area (Å²) in [5.41, 5.74) is 11.9. The number of nitrogens with zero attached hydrogens (tertiary/aromatic N) is 1. The molecule has 184 valence electrons. The van der Waals surface area contributed by atoms with E-state index >= 15 is 0 Å². The second-order valence-electron chi connectivity index (χ2n) is 10.7. The summed E-state index contributed by atoms with van der Waals surface area (Å²) >= 11 is 0. The first kappa shape index (κ1) is 21.8. The second-order valence-corrected chi connectivity index (χ2v) is 10.7. The minimum atomic E-state index is 0.0684. The largest absolute Gasteiger partial charge is 0.484 e. The summed E-state index contributed by atoms with van der Waals surface area (Å²) in [7, 11) is 0. The van der Waals surface area contributed by atoms with Crippen LogP contribution in [0.3, 0.4) is 0 Å². The van der Waals surface area contributed by atoms with Gasteiger partial charge in [0.2, 0.25) is 0 Å². The number of para-hydroxylation sites is 2. The van der Waals surface area contributed by atoms with Gasteiger partial charge in [-0.05, 0) is 83.9 Å². The molecule has 38 heavy (non-hydrogen) atoms. The first-order valence-electron chi connectivity index (χ1n) is 13.8. The standard InChI is InChI=1S/C36H29NO/c1-4-19-33-29(14-1)30-15-2-5-20-34(30)37(33)27-13-8-11-25(23-27)24-10-7-12-26(22-24)28-17-9-18-32-31-16-3-6-21-35(31)38-36(28)32/h1,3-6,8-11,13-14,16-23,32,36H,2,7,12,15H2. The molecule has 2 atom stereocenters. The summed E-state index contributed by atoms with van der Waals surface area (Å²) in [6, 6.07) is 26.4. The van der Waals surface area contributed by atoms with E-state index in [1.165, 1.54) is 55.7 Å². The molecule has 8 rings (SSSR count). The maximum Gasteiger partial charge on any atom is 0.134 e. The van der Waals surface area contributed by atoms with E-state index in [-0.39, 0.29) is 6.10 Å². The van der Waals surface area contributed by atoms with E-state index in [0.717, 1.165) is 31.4 Å². The average Bonchev–Trinajstić information content (AvgIpc) is 3.53. The third kappa shape index (κ3) is 3.33. The van der Waals surface area contributed by atoms with Gasteiger partial charge in [0.25, 0.3) is 0 Å². The lowest BCUT2D eigenvalue weighted by atomic mass is 9.81. The number of hydrogen-bond donors (Lipinski definition) is 0. The van der Waals surface area contributed by atoms with E-state index in [1.54, 1.807) is 0 Å². The highest BCUT2D eigenvalue weighted by molar-refractivity contribution is 5.91. The molecule has 0 fully saturated rings. The Labute approximate surface area is 223 Å². The van der Waals surface area contributed by atoms with Crippen LogP contribution in [0.2, 0.25) is 0 Å². The van der Waals surface area contributed by atoms with Crippen LogP contribution in [0, 0.1) is 0 Å². The number of ether oxygens (including phenoxy) is 1. The topological polar surface area (TPSA) is 14.2 Å². The highest BCUT2D eigenvalue weighted by Crippen LogP contribution is 2.46. The van der Waals surface area contributed by atoms with Crippen molar-refractivity contribution in [2.24, 2.45) is 0 Å². The summed E-state index contributed by atoms with van der Waals surface area (Å²) < 4.78 is 8.93. The minimum absolute atomic E-state index is 0.0684. The fourth-order valence-corrected chi connectivity index (χ4v) is 6.78. The zero-order chi connectivity index (χ0) is 25.1. The molecule has 4 aliphatic rings. The van der Waals surface area contributed by atoms with Crippen LogP contribution in [-0.2, 0) is 6.42 Å². The number of fused-ring (bicyclic) bond motifs is 6. The SMILES string of the molecule is C1=CC2c3ccccc3OC2C(C2=CC(c3cccc(-n4c5c(c6ccccc64)CCC=C5)c3)=CCC2)=C1. The molecule has 4 aromatic rings. The van der Waals surface area contributed by atoms with Crippen LogP contribution in [0.1, 0.15) is 47.6 Å². The van der Waals surface area contributed by atoms with Crippen LogP contribution in [0.25, 0.3) is 28.2 Å². The van der Waals surface area contributed by atoms with Gasteiger partial charge in [-0.1, -0.05) is 85.0 Å². The third-order valence-electron chi connectivity index (χ3n) is 8.53. The van der Waals surface area contributed by atoms with Crippen molar-refractivity contribution >= 4 is 22.6 Å². The van der Waals surface area contributed by atoms with Gasteiger partial charge in [-0.15, -0.1) is 0 Å². The van der Waals surface area contributed by atoms with E-state index in [4.69, 9.17) is 4.74 Å². The molecule has 0 spiro atoms. The molecular weight excluding hydrogens is 462 g/mol. The molecule has 0 bridgehead atoms. The van der Waals surface area contributed by atoms with Crippen LogP contribution >= 0.6 is 0 Å². The molecule has 0 saturated carbocycles. The van der Waals surface area contributed by atoms with Crippen molar-refractivity contribution in [1.82, 2.24) is 4.57 Å². The Kier molecular flexibility index (Phi) is 4.94. The van der Waals surface area contributed by atoms with Crippen molar-refractivity contribution in [2.45, 2.75) is 37.7 Å². The second kappa shape index (κ2) is 8.63. The van der Waals surface area contributed by atoms with Gasteiger partial charge >= 0.3 is 0 Å². The highest BCUT2D eigenvalue weighted by atomic mass is 16.5. The van der Waals surface area contributed by atoms with Gasteiger partial charge < -0.3 is 9.30 Å². The lowest BCUT2D eigenvalue weighted by Gasteiger charge is -2.26. The lowest BCUT2D eigenvalue weighted by Crippen LogP contribution is -2.24. The minimum Gasteiger partial charge on any atom is -0.484 e. The third-order valence-corrected chi connectivity index (χ3v) is 8.53. The average molecular weight is 492 g/mol. The molecule has 0 saturated heterocycles. The molecule has 2 heteroatoms. The van der Waals surface area contributed by atoms with Crippen molar-refractivity contribution < 1.29 is 4.74 Å². The van der Waals surface area contributed by atoms with Crippen LogP contribution < -0.4 is 4.74 Å². The normalized spacial score (nSPS) is 21.2. The zero-order valence-electron chi connectivity index (χ0n) is 21.3. The smallest absolute Gasteiger partial charge is 0.134 e. The molecule has 1 aliphatic heterocycles. The molecule has 0 N–H and O–H groups in total. The number of hydrogen-bond acceptors (Lipinski definition) is 1. The molecule has 0 radical (unpaired) electrons. The van der Waals surface area contributed by atoms with Gasteiger partial charge in [-0.3, -0.25) is 0 Å². The molecule has 2 nitrogen and oxygen atoms in total. The number of rotatable bonds is 3. The summed E-state index contributed by atoms with van der Waals surface area (Å²) in [6.45, 7) is 0. The number of aryl methyl sites for hydroxylation is 1. The zero-order valence-corrected chi connectivity index (χ0v) is 21.3. The van der Waals surface area contributed by atoms with Crippen LogP contribution in [0.15, 0.2) is 120 Å². The summed E-state index contributed by atoms with van der Waals surface area (Å²) in [4.78, 5) is 0. The van der Waals surface area contributed by atoms with Crippen molar-refractivity contribution in [2.75, 3.05) is 0 Å². The number of aromatic nitrogens is 1. The molecule has 2 heterocycles. The van der Waals surface area contributed by atoms with Gasteiger partial charge in [-0.2, -0.15) is 0 Å². The van der Waals surface area contributed by atoms with Crippen LogP contribution in [0.4, 0.5) is 0 Å². The van der Waals surface area contributed by atoms with Gasteiger partial charge in [0.1, 0.15) is 11.9 Å². The van der Waals surface area contributed by atoms with Crippen molar-refractivity contribution in [3.8, 4) is 11.4 Å². The molecule has 3 aromatic carbocycles. The van der Waals surface area contributed by atoms with Crippen molar-refractivity contribution in [3.63, 3.8) is 0 Å². The summed E-state index contributed by atoms with van der Waals surface area (Å²) in [6.07, 6.45) is 20.6. The van der Waals surface area contributed by atoms with E-state index in [2.05, 4.69) is 120 Å². The molecule has 0 amide bonds. The highest BCUT2D eigenvalue weighted by Gasteiger charge is 2.37. The Morgan fingerprint density at radius 2 is 1.79 bits per heavy atom. The van der Waals surface area contributed by atoms with E-state index in [1.807, 2.05) is 0 Å². The van der Waals surface area contributed by atoms with Crippen LogP contribution in [-0.4, -0.2) is 10.7 Å². The van der Waals surface area contributed by atoms with Crippen molar-refractivity contribution in [1.29, 1.82) is 0 Å². The maximum atomic E-state index is 6.49. The first-order valence-corrected chi connectivity index (χ1v) is 13.8. The fraction of sp³-hybridized carbons (Fsp3) is 0.167. The predicted molar refractivity (Wildman–Crippen MR) is 157 cm³/mol. The summed E-state index contributed by atoms with van der Waals surface area (Å²) in [5.74, 6) is 1.32. The molecule has 2 unspecified atom stereocenters. The van der Waals surface area contributed by atoms with E-state index in [0.29, 0.717) is 5.92 Å². The van der Waals surface area contributed by atoms with E-state index < -0.39 is 0 Å². The lowest BCUT2D eigenvalue weighted by molar-refractivity contribution is 0.257.